The molecule has 0 spiro atoms. The van der Waals surface area contributed by atoms with Crippen LogP contribution in [0.1, 0.15) is 42.1 Å². The van der Waals surface area contributed by atoms with E-state index in [9.17, 15) is 14.4 Å². The van der Waals surface area contributed by atoms with Gasteiger partial charge in [0.05, 0.1) is 12.5 Å². The molecule has 1 aromatic rings. The van der Waals surface area contributed by atoms with E-state index in [1.807, 2.05) is 4.90 Å². The molecule has 0 radical (unpaired) electrons. The molecule has 1 aromatic carbocycles. The Balaban J connectivity index is 1.42. The number of nitrogens with one attached hydrogen (secondary N) is 2. The SMILES string of the molecule is C[C@@H](N)C(=O)N1CCC(CCNC(=O)c2ccc3c(c2)CC(=O)N3)CC1. The van der Waals surface area contributed by atoms with Crippen molar-refractivity contribution >= 4 is 23.4 Å². The van der Waals surface area contributed by atoms with Crippen molar-refractivity contribution in [1.82, 2.24) is 10.2 Å². The summed E-state index contributed by atoms with van der Waals surface area (Å²) in [7, 11) is 0. The lowest BCUT2D eigenvalue weighted by Gasteiger charge is -2.33. The molecule has 26 heavy (non-hydrogen) atoms. The van der Waals surface area contributed by atoms with Gasteiger partial charge in [-0.05, 0) is 55.9 Å². The average molecular weight is 358 g/mol. The van der Waals surface area contributed by atoms with Crippen LogP contribution in [-0.4, -0.2) is 48.3 Å². The summed E-state index contributed by atoms with van der Waals surface area (Å²) in [5.74, 6) is 0.374. The van der Waals surface area contributed by atoms with Gasteiger partial charge in [0.2, 0.25) is 11.8 Å². The van der Waals surface area contributed by atoms with E-state index >= 15 is 0 Å². The number of nitrogens with two attached hydrogens (primary N) is 1. The summed E-state index contributed by atoms with van der Waals surface area (Å²) in [6.07, 6.45) is 3.12. The lowest BCUT2D eigenvalue weighted by atomic mass is 9.93. The van der Waals surface area contributed by atoms with Gasteiger partial charge in [-0.2, -0.15) is 0 Å². The van der Waals surface area contributed by atoms with Crippen LogP contribution in [-0.2, 0) is 16.0 Å². The van der Waals surface area contributed by atoms with Crippen molar-refractivity contribution in [3.63, 3.8) is 0 Å². The maximum Gasteiger partial charge on any atom is 0.251 e. The van der Waals surface area contributed by atoms with Gasteiger partial charge >= 0.3 is 0 Å². The highest BCUT2D eigenvalue weighted by Crippen LogP contribution is 2.24. The van der Waals surface area contributed by atoms with Crippen molar-refractivity contribution in [2.24, 2.45) is 11.7 Å². The van der Waals surface area contributed by atoms with Crippen LogP contribution in [0.2, 0.25) is 0 Å². The van der Waals surface area contributed by atoms with Gasteiger partial charge in [-0.25, -0.2) is 0 Å². The Morgan fingerprint density at radius 2 is 2.08 bits per heavy atom. The standard InChI is InChI=1S/C19H26N4O3/c1-12(20)19(26)23-8-5-13(6-9-23)4-7-21-18(25)14-2-3-16-15(10-14)11-17(24)22-16/h2-3,10,12-13H,4-9,11,20H2,1H3,(H,21,25)(H,22,24)/t12-/m1/s1. The summed E-state index contributed by atoms with van der Waals surface area (Å²) >= 11 is 0. The fourth-order valence-electron chi connectivity index (χ4n) is 3.59. The minimum atomic E-state index is -0.441. The highest BCUT2D eigenvalue weighted by molar-refractivity contribution is 6.01. The molecule has 4 N–H and O–H groups in total. The molecule has 3 amide bonds. The van der Waals surface area contributed by atoms with E-state index in [4.69, 9.17) is 5.73 Å². The normalized spacial score (nSPS) is 18.2. The second-order valence-corrected chi connectivity index (χ2v) is 7.20. The van der Waals surface area contributed by atoms with E-state index < -0.39 is 6.04 Å². The molecule has 0 bridgehead atoms. The molecule has 3 rings (SSSR count). The molecule has 0 saturated carbocycles. The second kappa shape index (κ2) is 7.86. The Bertz CT molecular complexity index is 709. The van der Waals surface area contributed by atoms with Crippen LogP contribution in [0, 0.1) is 5.92 Å². The molecule has 1 atom stereocenters. The number of hydrogen-bond acceptors (Lipinski definition) is 4. The molecule has 2 aliphatic heterocycles. The topological polar surface area (TPSA) is 105 Å². The number of anilines is 1. The van der Waals surface area contributed by atoms with Gasteiger partial charge < -0.3 is 21.3 Å². The molecule has 7 heteroatoms. The van der Waals surface area contributed by atoms with Crippen molar-refractivity contribution < 1.29 is 14.4 Å². The first-order chi connectivity index (χ1) is 12.4. The van der Waals surface area contributed by atoms with E-state index in [2.05, 4.69) is 10.6 Å². The third-order valence-electron chi connectivity index (χ3n) is 5.15. The predicted octanol–water partition coefficient (Wildman–Crippen LogP) is 0.887. The molecule has 0 aromatic heterocycles. The van der Waals surface area contributed by atoms with Crippen LogP contribution in [0.15, 0.2) is 18.2 Å². The van der Waals surface area contributed by atoms with Crippen LogP contribution in [0.25, 0.3) is 0 Å². The van der Waals surface area contributed by atoms with Gasteiger partial charge in [-0.15, -0.1) is 0 Å². The summed E-state index contributed by atoms with van der Waals surface area (Å²) in [4.78, 5) is 37.4. The van der Waals surface area contributed by atoms with Crippen molar-refractivity contribution in [2.45, 2.75) is 38.6 Å². The molecular weight excluding hydrogens is 332 g/mol. The number of benzene rings is 1. The van der Waals surface area contributed by atoms with Crippen molar-refractivity contribution in [1.29, 1.82) is 0 Å². The van der Waals surface area contributed by atoms with Crippen LogP contribution in [0.5, 0.6) is 0 Å². The van der Waals surface area contributed by atoms with Crippen LogP contribution >= 0.6 is 0 Å². The molecular formula is C19H26N4O3. The summed E-state index contributed by atoms with van der Waals surface area (Å²) in [6, 6.07) is 4.85. The summed E-state index contributed by atoms with van der Waals surface area (Å²) < 4.78 is 0. The third-order valence-corrected chi connectivity index (χ3v) is 5.15. The number of amides is 3. The molecule has 1 saturated heterocycles. The molecule has 140 valence electrons. The average Bonchev–Trinajstić information content (AvgIpc) is 3.00. The number of likely N-dealkylation sites (tertiary alicyclic amines) is 1. The van der Waals surface area contributed by atoms with Crippen LogP contribution in [0.3, 0.4) is 0 Å². The highest BCUT2D eigenvalue weighted by atomic mass is 16.2. The molecule has 2 heterocycles. The fraction of sp³-hybridized carbons (Fsp3) is 0.526. The van der Waals surface area contributed by atoms with Gasteiger partial charge in [0, 0.05) is 30.9 Å². The zero-order valence-corrected chi connectivity index (χ0v) is 15.1. The van der Waals surface area contributed by atoms with E-state index in [1.54, 1.807) is 25.1 Å². The first kappa shape index (κ1) is 18.4. The molecule has 7 nitrogen and oxygen atoms in total. The van der Waals surface area contributed by atoms with Crippen molar-refractivity contribution in [2.75, 3.05) is 25.0 Å². The Morgan fingerprint density at radius 3 is 2.77 bits per heavy atom. The second-order valence-electron chi connectivity index (χ2n) is 7.20. The smallest absolute Gasteiger partial charge is 0.251 e. The monoisotopic (exact) mass is 358 g/mol. The fourth-order valence-corrected chi connectivity index (χ4v) is 3.59. The Kier molecular flexibility index (Phi) is 5.56. The van der Waals surface area contributed by atoms with Gasteiger partial charge in [0.25, 0.3) is 5.91 Å². The number of rotatable bonds is 5. The van der Waals surface area contributed by atoms with Crippen molar-refractivity contribution in [3.05, 3.63) is 29.3 Å². The Labute approximate surface area is 153 Å². The number of fused-ring (bicyclic) bond motifs is 1. The van der Waals surface area contributed by atoms with Crippen molar-refractivity contribution in [3.8, 4) is 0 Å². The van der Waals surface area contributed by atoms with E-state index in [0.29, 0.717) is 24.4 Å². The van der Waals surface area contributed by atoms with E-state index in [-0.39, 0.29) is 17.7 Å². The summed E-state index contributed by atoms with van der Waals surface area (Å²) in [5, 5.41) is 5.72. The van der Waals surface area contributed by atoms with E-state index in [0.717, 1.165) is 43.6 Å². The Morgan fingerprint density at radius 1 is 1.35 bits per heavy atom. The number of hydrogen-bond donors (Lipinski definition) is 3. The van der Waals surface area contributed by atoms with Crippen LogP contribution < -0.4 is 16.4 Å². The molecule has 0 aliphatic carbocycles. The molecule has 0 unspecified atom stereocenters. The van der Waals surface area contributed by atoms with Gasteiger partial charge in [-0.3, -0.25) is 14.4 Å². The number of nitrogens with zero attached hydrogens (tertiary/aromatic N) is 1. The van der Waals surface area contributed by atoms with E-state index in [1.165, 1.54) is 0 Å². The van der Waals surface area contributed by atoms with Gasteiger partial charge in [-0.1, -0.05) is 0 Å². The number of carbonyl (C=O) groups is 3. The lowest BCUT2D eigenvalue weighted by molar-refractivity contribution is -0.133. The van der Waals surface area contributed by atoms with Gasteiger partial charge in [0.1, 0.15) is 0 Å². The maximum absolute atomic E-state index is 12.3. The Hall–Kier alpha value is -2.41. The maximum atomic E-state index is 12.3. The largest absolute Gasteiger partial charge is 0.352 e. The predicted molar refractivity (Wildman–Crippen MR) is 98.7 cm³/mol. The minimum absolute atomic E-state index is 0.0151. The summed E-state index contributed by atoms with van der Waals surface area (Å²) in [5.41, 5.74) is 7.89. The first-order valence-corrected chi connectivity index (χ1v) is 9.19. The first-order valence-electron chi connectivity index (χ1n) is 9.19. The summed E-state index contributed by atoms with van der Waals surface area (Å²) in [6.45, 7) is 3.81. The molecule has 1 fully saturated rings. The highest BCUT2D eigenvalue weighted by Gasteiger charge is 2.24. The number of carbonyl (C=O) groups excluding carboxylic acids is 3. The quantitative estimate of drug-likeness (QED) is 0.727. The zero-order chi connectivity index (χ0) is 18.7. The number of piperidine rings is 1. The van der Waals surface area contributed by atoms with Crippen LogP contribution in [0.4, 0.5) is 5.69 Å². The zero-order valence-electron chi connectivity index (χ0n) is 15.1. The lowest BCUT2D eigenvalue weighted by Crippen LogP contribution is -2.46. The minimum Gasteiger partial charge on any atom is -0.352 e. The molecule has 2 aliphatic rings. The third kappa shape index (κ3) is 4.22. The van der Waals surface area contributed by atoms with Gasteiger partial charge in [0.15, 0.2) is 0 Å².